The molecule has 1 fully saturated rings. The zero-order chi connectivity index (χ0) is 16.1. The Bertz CT molecular complexity index is 637. The fourth-order valence-electron chi connectivity index (χ4n) is 2.86. The van der Waals surface area contributed by atoms with Gasteiger partial charge in [-0.1, -0.05) is 23.4 Å². The number of carboxylic acids is 1. The van der Waals surface area contributed by atoms with Crippen LogP contribution in [0.1, 0.15) is 30.1 Å². The van der Waals surface area contributed by atoms with E-state index in [2.05, 4.69) is 15.0 Å². The number of nitrogens with zero attached hydrogens (tertiary/aromatic N) is 3. The van der Waals surface area contributed by atoms with Gasteiger partial charge in [-0.2, -0.15) is 4.98 Å². The molecule has 0 bridgehead atoms. The Balaban J connectivity index is 1.57. The monoisotopic (exact) mass is 317 g/mol. The number of benzene rings is 1. The molecule has 1 saturated heterocycles. The van der Waals surface area contributed by atoms with Crippen molar-refractivity contribution in [1.82, 2.24) is 15.0 Å². The van der Waals surface area contributed by atoms with Crippen LogP contribution in [-0.2, 0) is 11.3 Å². The van der Waals surface area contributed by atoms with Crippen LogP contribution in [0.25, 0.3) is 0 Å². The summed E-state index contributed by atoms with van der Waals surface area (Å²) in [6.07, 6.45) is 3.34. The van der Waals surface area contributed by atoms with Crippen LogP contribution in [0.3, 0.4) is 0 Å². The van der Waals surface area contributed by atoms with Gasteiger partial charge in [-0.25, -0.2) is 4.79 Å². The molecule has 1 aromatic carbocycles. The Morgan fingerprint density at radius 3 is 2.83 bits per heavy atom. The molecule has 23 heavy (non-hydrogen) atoms. The van der Waals surface area contributed by atoms with Crippen molar-refractivity contribution < 1.29 is 19.2 Å². The zero-order valence-corrected chi connectivity index (χ0v) is 12.7. The number of carbonyl (C=O) groups is 1. The maximum Gasteiger partial charge on any atom is 0.341 e. The molecule has 2 aromatic rings. The van der Waals surface area contributed by atoms with E-state index in [1.807, 2.05) is 24.3 Å². The summed E-state index contributed by atoms with van der Waals surface area (Å²) in [6.45, 7) is 2.30. The van der Waals surface area contributed by atoms with Crippen molar-refractivity contribution in [2.75, 3.05) is 19.7 Å². The van der Waals surface area contributed by atoms with E-state index in [1.165, 1.54) is 6.39 Å². The van der Waals surface area contributed by atoms with Crippen molar-refractivity contribution in [3.05, 3.63) is 42.0 Å². The first kappa shape index (κ1) is 15.5. The summed E-state index contributed by atoms with van der Waals surface area (Å²) in [5.41, 5.74) is 1.01. The van der Waals surface area contributed by atoms with Gasteiger partial charge in [0.2, 0.25) is 6.39 Å². The number of carboxylic acid groups (broad SMARTS) is 1. The second kappa shape index (κ2) is 7.23. The highest BCUT2D eigenvalue weighted by molar-refractivity contribution is 5.68. The highest BCUT2D eigenvalue weighted by Gasteiger charge is 2.24. The van der Waals surface area contributed by atoms with Gasteiger partial charge in [0.1, 0.15) is 5.75 Å². The smallest absolute Gasteiger partial charge is 0.341 e. The summed E-state index contributed by atoms with van der Waals surface area (Å²) in [5, 5.41) is 12.7. The summed E-state index contributed by atoms with van der Waals surface area (Å²) in [4.78, 5) is 17.1. The summed E-state index contributed by atoms with van der Waals surface area (Å²) in [6, 6.07) is 7.57. The maximum absolute atomic E-state index is 10.7. The third-order valence-corrected chi connectivity index (χ3v) is 4.05. The van der Waals surface area contributed by atoms with Crippen LogP contribution in [0.15, 0.2) is 35.2 Å². The first-order chi connectivity index (χ1) is 11.2. The van der Waals surface area contributed by atoms with E-state index < -0.39 is 5.97 Å². The summed E-state index contributed by atoms with van der Waals surface area (Å²) >= 11 is 0. The molecule has 0 atom stereocenters. The molecule has 1 N–H and O–H groups in total. The Morgan fingerprint density at radius 2 is 2.13 bits per heavy atom. The fourth-order valence-corrected chi connectivity index (χ4v) is 2.86. The lowest BCUT2D eigenvalue weighted by atomic mass is 9.96. The lowest BCUT2D eigenvalue weighted by Crippen LogP contribution is -2.33. The second-order valence-corrected chi connectivity index (χ2v) is 5.63. The van der Waals surface area contributed by atoms with Crippen LogP contribution < -0.4 is 4.74 Å². The quantitative estimate of drug-likeness (QED) is 0.870. The molecule has 0 saturated carbocycles. The van der Waals surface area contributed by atoms with E-state index in [4.69, 9.17) is 14.4 Å². The van der Waals surface area contributed by atoms with Crippen molar-refractivity contribution in [2.24, 2.45) is 0 Å². The zero-order valence-electron chi connectivity index (χ0n) is 12.7. The molecule has 1 aromatic heterocycles. The largest absolute Gasteiger partial charge is 0.482 e. The summed E-state index contributed by atoms with van der Waals surface area (Å²) in [5.74, 6) is 0.800. The predicted molar refractivity (Wildman–Crippen MR) is 81.1 cm³/mol. The van der Waals surface area contributed by atoms with Crippen LogP contribution in [0, 0.1) is 0 Å². The molecule has 3 rings (SSSR count). The van der Waals surface area contributed by atoms with Crippen LogP contribution in [0.5, 0.6) is 5.75 Å². The summed E-state index contributed by atoms with van der Waals surface area (Å²) in [7, 11) is 0. The maximum atomic E-state index is 10.7. The average molecular weight is 317 g/mol. The van der Waals surface area contributed by atoms with Gasteiger partial charge in [0.25, 0.3) is 0 Å². The molecule has 7 nitrogen and oxygen atoms in total. The normalized spacial score (nSPS) is 16.3. The van der Waals surface area contributed by atoms with Gasteiger partial charge in [0.15, 0.2) is 12.4 Å². The predicted octanol–water partition coefficient (Wildman–Crippen LogP) is 1.91. The highest BCUT2D eigenvalue weighted by atomic mass is 16.5. The molecular weight excluding hydrogens is 298 g/mol. The molecular formula is C16H19N3O4. The number of hydrogen-bond donors (Lipinski definition) is 1. The third kappa shape index (κ3) is 4.07. The van der Waals surface area contributed by atoms with E-state index in [9.17, 15) is 4.79 Å². The van der Waals surface area contributed by atoms with Crippen molar-refractivity contribution in [1.29, 1.82) is 0 Å². The van der Waals surface area contributed by atoms with E-state index in [0.29, 0.717) is 11.7 Å². The van der Waals surface area contributed by atoms with E-state index in [-0.39, 0.29) is 6.61 Å². The number of likely N-dealkylation sites (tertiary alicyclic amines) is 1. The lowest BCUT2D eigenvalue weighted by molar-refractivity contribution is -0.139. The van der Waals surface area contributed by atoms with Gasteiger partial charge in [0.05, 0.1) is 0 Å². The number of aliphatic carboxylic acids is 1. The van der Waals surface area contributed by atoms with Crippen LogP contribution >= 0.6 is 0 Å². The Morgan fingerprint density at radius 1 is 1.35 bits per heavy atom. The van der Waals surface area contributed by atoms with Gasteiger partial charge < -0.3 is 14.4 Å². The van der Waals surface area contributed by atoms with Crippen molar-refractivity contribution in [3.63, 3.8) is 0 Å². The highest BCUT2D eigenvalue weighted by Crippen LogP contribution is 2.27. The molecule has 0 unspecified atom stereocenters. The van der Waals surface area contributed by atoms with Gasteiger partial charge in [-0.3, -0.25) is 4.90 Å². The minimum atomic E-state index is -0.972. The Hall–Kier alpha value is -2.41. The Kier molecular flexibility index (Phi) is 4.87. The van der Waals surface area contributed by atoms with Crippen molar-refractivity contribution in [3.8, 4) is 5.75 Å². The first-order valence-electron chi connectivity index (χ1n) is 7.63. The standard InChI is InChI=1S/C16H19N3O4/c20-15(21)10-22-14-4-2-1-3-13(14)9-19-7-5-12(6-8-19)16-17-11-23-18-16/h1-4,11-12H,5-10H2,(H,20,21). The number of rotatable bonds is 6. The average Bonchev–Trinajstić information content (AvgIpc) is 3.09. The molecule has 1 aliphatic heterocycles. The molecule has 0 spiro atoms. The Labute approximate surface area is 133 Å². The molecule has 0 amide bonds. The van der Waals surface area contributed by atoms with Crippen LogP contribution in [-0.4, -0.2) is 45.8 Å². The molecule has 1 aliphatic rings. The molecule has 7 heteroatoms. The van der Waals surface area contributed by atoms with Gasteiger partial charge in [-0.05, 0) is 32.0 Å². The molecule has 122 valence electrons. The second-order valence-electron chi connectivity index (χ2n) is 5.63. The number of hydrogen-bond acceptors (Lipinski definition) is 6. The van der Waals surface area contributed by atoms with E-state index in [0.717, 1.165) is 43.9 Å². The minimum absolute atomic E-state index is 0.323. The SMILES string of the molecule is O=C(O)COc1ccccc1CN1CCC(c2ncon2)CC1. The fraction of sp³-hybridized carbons (Fsp3) is 0.438. The van der Waals surface area contributed by atoms with Crippen LogP contribution in [0.2, 0.25) is 0 Å². The minimum Gasteiger partial charge on any atom is -0.482 e. The number of aromatic nitrogens is 2. The van der Waals surface area contributed by atoms with Gasteiger partial charge in [0, 0.05) is 18.0 Å². The summed E-state index contributed by atoms with van der Waals surface area (Å²) < 4.78 is 10.2. The van der Waals surface area contributed by atoms with Crippen molar-refractivity contribution in [2.45, 2.75) is 25.3 Å². The van der Waals surface area contributed by atoms with Gasteiger partial charge in [-0.15, -0.1) is 0 Å². The topological polar surface area (TPSA) is 88.7 Å². The van der Waals surface area contributed by atoms with E-state index >= 15 is 0 Å². The number of piperidine rings is 1. The number of para-hydroxylation sites is 1. The molecule has 0 radical (unpaired) electrons. The van der Waals surface area contributed by atoms with E-state index in [1.54, 1.807) is 0 Å². The molecule has 2 heterocycles. The number of ether oxygens (including phenoxy) is 1. The van der Waals surface area contributed by atoms with Crippen LogP contribution in [0.4, 0.5) is 0 Å². The first-order valence-corrected chi connectivity index (χ1v) is 7.63. The van der Waals surface area contributed by atoms with Crippen molar-refractivity contribution >= 4 is 5.97 Å². The lowest BCUT2D eigenvalue weighted by Gasteiger charge is -2.30. The third-order valence-electron chi connectivity index (χ3n) is 4.05. The van der Waals surface area contributed by atoms with Gasteiger partial charge >= 0.3 is 5.97 Å². The molecule has 0 aliphatic carbocycles.